The number of aldehydes is 1. The summed E-state index contributed by atoms with van der Waals surface area (Å²) in [6.07, 6.45) is 46.7. The monoisotopic (exact) mass is 591 g/mol. The predicted molar refractivity (Wildman–Crippen MR) is 186 cm³/mol. The highest BCUT2D eigenvalue weighted by atomic mass is 16.5. The number of ether oxygens (including phenoxy) is 2. The minimum absolute atomic E-state index is 0.401. The minimum atomic E-state index is -0.401. The molecule has 0 aliphatic heterocycles. The average Bonchev–Trinajstić information content (AvgIpc) is 3.00. The highest BCUT2D eigenvalue weighted by Gasteiger charge is 2.07. The van der Waals surface area contributed by atoms with E-state index in [9.17, 15) is 4.79 Å². The third kappa shape index (κ3) is 35.3. The molecular weight excluding hydrogens is 516 g/mol. The molecule has 1 unspecified atom stereocenters. The van der Waals surface area contributed by atoms with Gasteiger partial charge in [-0.1, -0.05) is 154 Å². The first-order valence-corrected chi connectivity index (χ1v) is 18.8. The topological polar surface area (TPSA) is 35.5 Å². The summed E-state index contributed by atoms with van der Waals surface area (Å²) in [5.74, 6) is 0. The Morgan fingerprint density at radius 2 is 0.762 bits per heavy atom. The van der Waals surface area contributed by atoms with Crippen molar-refractivity contribution in [2.75, 3.05) is 19.8 Å². The normalized spacial score (nSPS) is 12.6. The molecule has 0 amide bonds. The Hall–Kier alpha value is -0.930. The fraction of sp³-hybridized carbons (Fsp3) is 0.872. The number of hydrogen-bond donors (Lipinski definition) is 0. The first-order chi connectivity index (χ1) is 20.8. The van der Waals surface area contributed by atoms with Gasteiger partial charge in [-0.25, -0.2) is 0 Å². The molecule has 0 saturated heterocycles. The van der Waals surface area contributed by atoms with Crippen LogP contribution in [0.1, 0.15) is 194 Å². The fourth-order valence-corrected chi connectivity index (χ4v) is 5.36. The third-order valence-electron chi connectivity index (χ3n) is 8.22. The molecule has 0 aliphatic carbocycles. The Labute approximate surface area is 264 Å². The van der Waals surface area contributed by atoms with Gasteiger partial charge in [0, 0.05) is 13.2 Å². The molecule has 0 spiro atoms. The Morgan fingerprint density at radius 3 is 1.14 bits per heavy atom. The fourth-order valence-electron chi connectivity index (χ4n) is 5.36. The van der Waals surface area contributed by atoms with Crippen LogP contribution in [0, 0.1) is 0 Å². The van der Waals surface area contributed by atoms with E-state index in [0.717, 1.165) is 25.7 Å². The van der Waals surface area contributed by atoms with Gasteiger partial charge in [0.05, 0.1) is 6.61 Å². The number of unbranched alkanes of at least 4 members (excludes halogenated alkanes) is 24. The highest BCUT2D eigenvalue weighted by Crippen LogP contribution is 2.12. The van der Waals surface area contributed by atoms with Crippen molar-refractivity contribution in [2.24, 2.45) is 0 Å². The van der Waals surface area contributed by atoms with Crippen LogP contribution < -0.4 is 0 Å². The first kappa shape index (κ1) is 41.1. The summed E-state index contributed by atoms with van der Waals surface area (Å²) in [7, 11) is 0. The van der Waals surface area contributed by atoms with Gasteiger partial charge in [-0.2, -0.15) is 0 Å². The van der Waals surface area contributed by atoms with Crippen LogP contribution >= 0.6 is 0 Å². The van der Waals surface area contributed by atoms with Crippen molar-refractivity contribution < 1.29 is 14.3 Å². The van der Waals surface area contributed by atoms with Gasteiger partial charge < -0.3 is 14.3 Å². The second kappa shape index (κ2) is 38.1. The molecule has 3 heteroatoms. The Balaban J connectivity index is 3.33. The Morgan fingerprint density at radius 1 is 0.429 bits per heavy atom. The van der Waals surface area contributed by atoms with Gasteiger partial charge in [-0.15, -0.1) is 0 Å². The van der Waals surface area contributed by atoms with Crippen molar-refractivity contribution in [1.82, 2.24) is 0 Å². The van der Waals surface area contributed by atoms with E-state index in [1.54, 1.807) is 0 Å². The predicted octanol–water partition coefficient (Wildman–Crippen LogP) is 12.7. The molecule has 0 heterocycles. The van der Waals surface area contributed by atoms with Crippen molar-refractivity contribution in [3.8, 4) is 0 Å². The smallest absolute Gasteiger partial charge is 0.151 e. The van der Waals surface area contributed by atoms with Crippen molar-refractivity contribution in [1.29, 1.82) is 0 Å². The maximum absolute atomic E-state index is 11.3. The van der Waals surface area contributed by atoms with E-state index < -0.39 is 6.10 Å². The van der Waals surface area contributed by atoms with E-state index in [2.05, 4.69) is 38.2 Å². The summed E-state index contributed by atoms with van der Waals surface area (Å²) < 4.78 is 11.5. The largest absolute Gasteiger partial charge is 0.378 e. The number of rotatable bonds is 36. The zero-order valence-electron chi connectivity index (χ0n) is 28.6. The number of hydrogen-bond acceptors (Lipinski definition) is 3. The molecule has 0 radical (unpaired) electrons. The highest BCUT2D eigenvalue weighted by molar-refractivity contribution is 5.56. The molecule has 0 aromatic rings. The van der Waals surface area contributed by atoms with Gasteiger partial charge >= 0.3 is 0 Å². The van der Waals surface area contributed by atoms with Crippen LogP contribution in [0.4, 0.5) is 0 Å². The van der Waals surface area contributed by atoms with Crippen LogP contribution in [0.25, 0.3) is 0 Å². The number of carbonyl (C=O) groups excluding carboxylic acids is 1. The molecule has 1 atom stereocenters. The zero-order valence-corrected chi connectivity index (χ0v) is 28.6. The summed E-state index contributed by atoms with van der Waals surface area (Å²) in [4.78, 5) is 11.3. The van der Waals surface area contributed by atoms with Gasteiger partial charge in [-0.05, 0) is 64.2 Å². The summed E-state index contributed by atoms with van der Waals surface area (Å²) in [5.41, 5.74) is 0. The van der Waals surface area contributed by atoms with Gasteiger partial charge in [-0.3, -0.25) is 0 Å². The standard InChI is InChI=1S/C39H74O3/c1-3-5-7-9-11-13-15-17-19-21-23-25-27-29-31-33-35-41-38-39(37-40)42-36-34-32-30-28-26-24-22-20-18-16-14-12-10-8-6-4-2/h17-20,37,39H,3-16,21-36,38H2,1-2H3/b19-17-,20-18-. The van der Waals surface area contributed by atoms with Crippen LogP contribution in [0.15, 0.2) is 24.3 Å². The molecule has 0 fully saturated rings. The van der Waals surface area contributed by atoms with Crippen LogP contribution in [0.2, 0.25) is 0 Å². The van der Waals surface area contributed by atoms with Crippen molar-refractivity contribution in [2.45, 2.75) is 200 Å². The quantitative estimate of drug-likeness (QED) is 0.0413. The van der Waals surface area contributed by atoms with Crippen molar-refractivity contribution >= 4 is 6.29 Å². The first-order valence-electron chi connectivity index (χ1n) is 18.8. The maximum atomic E-state index is 11.3. The molecule has 0 aromatic heterocycles. The lowest BCUT2D eigenvalue weighted by molar-refractivity contribution is -0.122. The second-order valence-electron chi connectivity index (χ2n) is 12.5. The van der Waals surface area contributed by atoms with E-state index in [4.69, 9.17) is 9.47 Å². The summed E-state index contributed by atoms with van der Waals surface area (Å²) in [5, 5.41) is 0. The Kier molecular flexibility index (Phi) is 37.3. The molecular formula is C39H74O3. The SMILES string of the molecule is CCCCCCCC/C=C\CCCCCCCCOCC(C=O)OCCCCCCCC/C=C\CCCCCCCC. The van der Waals surface area contributed by atoms with E-state index in [-0.39, 0.29) is 0 Å². The van der Waals surface area contributed by atoms with E-state index in [1.165, 1.54) is 167 Å². The maximum Gasteiger partial charge on any atom is 0.151 e. The van der Waals surface area contributed by atoms with Crippen LogP contribution in [0.5, 0.6) is 0 Å². The molecule has 0 aromatic carbocycles. The number of allylic oxidation sites excluding steroid dienone is 4. The second-order valence-corrected chi connectivity index (χ2v) is 12.5. The van der Waals surface area contributed by atoms with Gasteiger partial charge in [0.15, 0.2) is 6.29 Å². The summed E-state index contributed by atoms with van der Waals surface area (Å²) in [6, 6.07) is 0. The van der Waals surface area contributed by atoms with E-state index in [1.807, 2.05) is 0 Å². The summed E-state index contributed by atoms with van der Waals surface area (Å²) in [6.45, 7) is 6.37. The molecule has 0 saturated carbocycles. The minimum Gasteiger partial charge on any atom is -0.378 e. The zero-order chi connectivity index (χ0) is 30.4. The van der Waals surface area contributed by atoms with E-state index in [0.29, 0.717) is 13.2 Å². The van der Waals surface area contributed by atoms with Crippen molar-refractivity contribution in [3.63, 3.8) is 0 Å². The summed E-state index contributed by atoms with van der Waals surface area (Å²) >= 11 is 0. The van der Waals surface area contributed by atoms with Gasteiger partial charge in [0.2, 0.25) is 0 Å². The van der Waals surface area contributed by atoms with Crippen LogP contribution in [0.3, 0.4) is 0 Å². The molecule has 3 nitrogen and oxygen atoms in total. The number of carbonyl (C=O) groups is 1. The molecule has 0 rings (SSSR count). The lowest BCUT2D eigenvalue weighted by Crippen LogP contribution is -2.22. The van der Waals surface area contributed by atoms with Crippen LogP contribution in [-0.4, -0.2) is 32.2 Å². The van der Waals surface area contributed by atoms with Crippen LogP contribution in [-0.2, 0) is 14.3 Å². The third-order valence-corrected chi connectivity index (χ3v) is 8.22. The Bertz CT molecular complexity index is 556. The molecule has 0 aliphatic rings. The molecule has 0 N–H and O–H groups in total. The molecule has 248 valence electrons. The van der Waals surface area contributed by atoms with E-state index >= 15 is 0 Å². The molecule has 42 heavy (non-hydrogen) atoms. The lowest BCUT2D eigenvalue weighted by atomic mass is 10.1. The van der Waals surface area contributed by atoms with Gasteiger partial charge in [0.1, 0.15) is 6.10 Å². The van der Waals surface area contributed by atoms with Gasteiger partial charge in [0.25, 0.3) is 0 Å². The average molecular weight is 591 g/mol. The van der Waals surface area contributed by atoms with Crippen molar-refractivity contribution in [3.05, 3.63) is 24.3 Å². The lowest BCUT2D eigenvalue weighted by Gasteiger charge is -2.12. The molecule has 0 bridgehead atoms.